The number of thiazole rings is 1. The first-order chi connectivity index (χ1) is 9.96. The van der Waals surface area contributed by atoms with Crippen LogP contribution in [0.25, 0.3) is 0 Å². The Morgan fingerprint density at radius 1 is 1.19 bits per heavy atom. The summed E-state index contributed by atoms with van der Waals surface area (Å²) in [6, 6.07) is 5.83. The van der Waals surface area contributed by atoms with E-state index in [4.69, 9.17) is 0 Å². The summed E-state index contributed by atoms with van der Waals surface area (Å²) in [4.78, 5) is 5.52. The number of nitrogens with one attached hydrogen (secondary N) is 1. The first kappa shape index (κ1) is 15.8. The van der Waals surface area contributed by atoms with E-state index < -0.39 is 6.36 Å². The normalized spacial score (nSPS) is 11.6. The van der Waals surface area contributed by atoms with Gasteiger partial charge in [0.05, 0.1) is 0 Å². The molecule has 1 N–H and O–H groups in total. The van der Waals surface area contributed by atoms with Crippen LogP contribution in [-0.2, 0) is 19.5 Å². The summed E-state index contributed by atoms with van der Waals surface area (Å²) >= 11 is 1.66. The van der Waals surface area contributed by atoms with Crippen molar-refractivity contribution in [3.05, 3.63) is 45.9 Å². The van der Waals surface area contributed by atoms with Crippen molar-refractivity contribution >= 4 is 11.3 Å². The van der Waals surface area contributed by atoms with Gasteiger partial charge in [-0.3, -0.25) is 0 Å². The maximum Gasteiger partial charge on any atom is 0.573 e. The summed E-state index contributed by atoms with van der Waals surface area (Å²) in [6.45, 7) is 3.29. The topological polar surface area (TPSA) is 34.2 Å². The second-order valence-electron chi connectivity index (χ2n) is 4.37. The average Bonchev–Trinajstić information content (AvgIpc) is 2.87. The highest BCUT2D eigenvalue weighted by atomic mass is 32.1. The molecule has 3 nitrogen and oxygen atoms in total. The van der Waals surface area contributed by atoms with Gasteiger partial charge in [0.2, 0.25) is 0 Å². The fourth-order valence-corrected chi connectivity index (χ4v) is 2.55. The van der Waals surface area contributed by atoms with E-state index in [1.165, 1.54) is 17.0 Å². The Balaban J connectivity index is 1.80. The fourth-order valence-electron chi connectivity index (χ4n) is 1.72. The third-order valence-electron chi connectivity index (χ3n) is 2.71. The van der Waals surface area contributed by atoms with Gasteiger partial charge in [0.15, 0.2) is 0 Å². The molecule has 0 amide bonds. The molecule has 2 rings (SSSR count). The Morgan fingerprint density at radius 3 is 2.48 bits per heavy atom. The van der Waals surface area contributed by atoms with Crippen LogP contribution in [0, 0.1) is 0 Å². The standard InChI is InChI=1S/C14H15F3N2OS/c1-2-12-8-19-13(21-12)9-18-7-10-3-5-11(6-4-10)20-14(15,16)17/h3-6,8,18H,2,7,9H2,1H3. The number of benzene rings is 1. The molecule has 0 bridgehead atoms. The summed E-state index contributed by atoms with van der Waals surface area (Å²) in [7, 11) is 0. The van der Waals surface area contributed by atoms with E-state index in [9.17, 15) is 13.2 Å². The molecule has 0 saturated carbocycles. The second kappa shape index (κ2) is 6.91. The van der Waals surface area contributed by atoms with Crippen LogP contribution in [0.15, 0.2) is 30.5 Å². The van der Waals surface area contributed by atoms with E-state index in [-0.39, 0.29) is 5.75 Å². The van der Waals surface area contributed by atoms with E-state index in [0.29, 0.717) is 13.1 Å². The second-order valence-corrected chi connectivity index (χ2v) is 5.57. The lowest BCUT2D eigenvalue weighted by atomic mass is 10.2. The zero-order chi connectivity index (χ0) is 15.3. The molecule has 0 aliphatic carbocycles. The average molecular weight is 316 g/mol. The van der Waals surface area contributed by atoms with Gasteiger partial charge in [-0.15, -0.1) is 24.5 Å². The van der Waals surface area contributed by atoms with Crippen molar-refractivity contribution in [1.29, 1.82) is 0 Å². The van der Waals surface area contributed by atoms with Crippen molar-refractivity contribution in [3.63, 3.8) is 0 Å². The molecule has 0 radical (unpaired) electrons. The molecule has 7 heteroatoms. The van der Waals surface area contributed by atoms with Gasteiger partial charge in [0.1, 0.15) is 10.8 Å². The molecule has 0 aliphatic heterocycles. The minimum absolute atomic E-state index is 0.209. The van der Waals surface area contributed by atoms with Gasteiger partial charge in [0, 0.05) is 24.2 Å². The predicted octanol–water partition coefficient (Wildman–Crippen LogP) is 3.89. The molecule has 0 fully saturated rings. The van der Waals surface area contributed by atoms with Crippen molar-refractivity contribution in [1.82, 2.24) is 10.3 Å². The Bertz CT molecular complexity index is 566. The summed E-state index contributed by atoms with van der Waals surface area (Å²) < 4.78 is 39.9. The van der Waals surface area contributed by atoms with Gasteiger partial charge in [-0.05, 0) is 24.1 Å². The van der Waals surface area contributed by atoms with Crippen LogP contribution in [0.5, 0.6) is 5.75 Å². The molecule has 114 valence electrons. The van der Waals surface area contributed by atoms with E-state index in [0.717, 1.165) is 17.0 Å². The SMILES string of the molecule is CCc1cnc(CNCc2ccc(OC(F)(F)F)cc2)s1. The van der Waals surface area contributed by atoms with E-state index in [1.54, 1.807) is 23.5 Å². The number of halogens is 3. The van der Waals surface area contributed by atoms with Crippen LogP contribution in [0.4, 0.5) is 13.2 Å². The number of hydrogen-bond donors (Lipinski definition) is 1. The highest BCUT2D eigenvalue weighted by Crippen LogP contribution is 2.22. The minimum Gasteiger partial charge on any atom is -0.406 e. The van der Waals surface area contributed by atoms with Gasteiger partial charge in [-0.2, -0.15) is 0 Å². The number of hydrogen-bond acceptors (Lipinski definition) is 4. The van der Waals surface area contributed by atoms with Crippen molar-refractivity contribution < 1.29 is 17.9 Å². The molecule has 1 aromatic heterocycles. The molecular weight excluding hydrogens is 301 g/mol. The van der Waals surface area contributed by atoms with Crippen LogP contribution in [-0.4, -0.2) is 11.3 Å². The Kier molecular flexibility index (Phi) is 5.19. The molecule has 2 aromatic rings. The largest absolute Gasteiger partial charge is 0.573 e. The lowest BCUT2D eigenvalue weighted by Gasteiger charge is -2.09. The Morgan fingerprint density at radius 2 is 1.90 bits per heavy atom. The summed E-state index contributed by atoms with van der Waals surface area (Å²) in [5, 5.41) is 4.21. The molecular formula is C14H15F3N2OS. The van der Waals surface area contributed by atoms with Crippen molar-refractivity contribution in [2.24, 2.45) is 0 Å². The quantitative estimate of drug-likeness (QED) is 0.878. The molecule has 0 saturated heterocycles. The monoisotopic (exact) mass is 316 g/mol. The number of aryl methyl sites for hydroxylation is 1. The molecule has 21 heavy (non-hydrogen) atoms. The summed E-state index contributed by atoms with van der Waals surface area (Å²) in [5.41, 5.74) is 0.886. The number of ether oxygens (including phenoxy) is 1. The van der Waals surface area contributed by atoms with Crippen molar-refractivity contribution in [2.45, 2.75) is 32.8 Å². The lowest BCUT2D eigenvalue weighted by molar-refractivity contribution is -0.274. The van der Waals surface area contributed by atoms with Crippen LogP contribution < -0.4 is 10.1 Å². The van der Waals surface area contributed by atoms with Crippen molar-refractivity contribution in [3.8, 4) is 5.75 Å². The van der Waals surface area contributed by atoms with Crippen LogP contribution in [0.3, 0.4) is 0 Å². The third-order valence-corrected chi connectivity index (χ3v) is 3.85. The van der Waals surface area contributed by atoms with E-state index in [1.807, 2.05) is 6.20 Å². The van der Waals surface area contributed by atoms with Gasteiger partial charge >= 0.3 is 6.36 Å². The van der Waals surface area contributed by atoms with E-state index in [2.05, 4.69) is 22.0 Å². The number of alkyl halides is 3. The Labute approximate surface area is 124 Å². The molecule has 1 aromatic carbocycles. The highest BCUT2D eigenvalue weighted by molar-refractivity contribution is 7.11. The smallest absolute Gasteiger partial charge is 0.406 e. The molecule has 1 heterocycles. The zero-order valence-electron chi connectivity index (χ0n) is 11.4. The first-order valence-corrected chi connectivity index (χ1v) is 7.27. The summed E-state index contributed by atoms with van der Waals surface area (Å²) in [5.74, 6) is -0.209. The lowest BCUT2D eigenvalue weighted by Crippen LogP contribution is -2.17. The summed E-state index contributed by atoms with van der Waals surface area (Å²) in [6.07, 6.45) is -1.81. The number of aromatic nitrogens is 1. The third kappa shape index (κ3) is 5.35. The maximum absolute atomic E-state index is 12.0. The fraction of sp³-hybridized carbons (Fsp3) is 0.357. The number of rotatable bonds is 6. The molecule has 0 unspecified atom stereocenters. The molecule has 0 spiro atoms. The van der Waals surface area contributed by atoms with Gasteiger partial charge in [-0.1, -0.05) is 19.1 Å². The predicted molar refractivity (Wildman–Crippen MR) is 75.2 cm³/mol. The van der Waals surface area contributed by atoms with Crippen LogP contribution in [0.2, 0.25) is 0 Å². The number of nitrogens with zero attached hydrogens (tertiary/aromatic N) is 1. The zero-order valence-corrected chi connectivity index (χ0v) is 12.2. The maximum atomic E-state index is 12.0. The van der Waals surface area contributed by atoms with Gasteiger partial charge in [0.25, 0.3) is 0 Å². The molecule has 0 atom stereocenters. The highest BCUT2D eigenvalue weighted by Gasteiger charge is 2.30. The van der Waals surface area contributed by atoms with Gasteiger partial charge in [-0.25, -0.2) is 4.98 Å². The van der Waals surface area contributed by atoms with Crippen molar-refractivity contribution in [2.75, 3.05) is 0 Å². The van der Waals surface area contributed by atoms with Crippen LogP contribution in [0.1, 0.15) is 22.4 Å². The first-order valence-electron chi connectivity index (χ1n) is 6.45. The molecule has 0 aliphatic rings. The Hall–Kier alpha value is -1.60. The minimum atomic E-state index is -4.65. The van der Waals surface area contributed by atoms with E-state index >= 15 is 0 Å². The van der Waals surface area contributed by atoms with Crippen LogP contribution >= 0.6 is 11.3 Å². The van der Waals surface area contributed by atoms with Gasteiger partial charge < -0.3 is 10.1 Å².